The van der Waals surface area contributed by atoms with E-state index in [1.807, 2.05) is 0 Å². The van der Waals surface area contributed by atoms with Gasteiger partial charge in [-0.05, 0) is 52.0 Å². The Labute approximate surface area is 116 Å². The van der Waals surface area contributed by atoms with Crippen LogP contribution in [0.1, 0.15) is 39.5 Å². The second-order valence-corrected chi connectivity index (χ2v) is 5.93. The second kappa shape index (κ2) is 7.22. The third-order valence-corrected chi connectivity index (χ3v) is 4.09. The molecule has 1 saturated carbocycles. The summed E-state index contributed by atoms with van der Waals surface area (Å²) in [5.41, 5.74) is 4.64. The number of rotatable bonds is 10. The zero-order valence-electron chi connectivity index (χ0n) is 12.4. The Morgan fingerprint density at radius 1 is 1.53 bits per heavy atom. The minimum Gasteiger partial charge on any atom is -0.480 e. The van der Waals surface area contributed by atoms with Crippen LogP contribution in [0.15, 0.2) is 0 Å². The van der Waals surface area contributed by atoms with Crippen molar-refractivity contribution < 1.29 is 14.6 Å². The van der Waals surface area contributed by atoms with E-state index in [-0.39, 0.29) is 0 Å². The molecule has 5 nitrogen and oxygen atoms in total. The van der Waals surface area contributed by atoms with Crippen molar-refractivity contribution in [2.45, 2.75) is 51.1 Å². The number of carbonyl (C=O) groups is 1. The number of carboxylic acids is 1. The summed E-state index contributed by atoms with van der Waals surface area (Å²) in [4.78, 5) is 13.4. The van der Waals surface area contributed by atoms with Crippen LogP contribution in [0.4, 0.5) is 0 Å². The highest BCUT2D eigenvalue weighted by Gasteiger charge is 2.32. The molecule has 19 heavy (non-hydrogen) atoms. The number of aliphatic carboxylic acids is 1. The van der Waals surface area contributed by atoms with Gasteiger partial charge in [0.05, 0.1) is 6.61 Å². The van der Waals surface area contributed by atoms with Gasteiger partial charge in [0, 0.05) is 19.7 Å². The normalized spacial score (nSPS) is 20.3. The topological polar surface area (TPSA) is 75.8 Å². The summed E-state index contributed by atoms with van der Waals surface area (Å²) < 4.78 is 5.15. The Bertz CT molecular complexity index is 290. The minimum atomic E-state index is -1.12. The molecule has 0 aromatic rings. The fourth-order valence-corrected chi connectivity index (χ4v) is 2.36. The molecule has 0 amide bonds. The molecule has 0 aliphatic heterocycles. The van der Waals surface area contributed by atoms with Crippen molar-refractivity contribution in [2.24, 2.45) is 11.7 Å². The third-order valence-electron chi connectivity index (χ3n) is 4.09. The largest absolute Gasteiger partial charge is 0.480 e. The van der Waals surface area contributed by atoms with Crippen molar-refractivity contribution in [1.82, 2.24) is 4.90 Å². The van der Waals surface area contributed by atoms with Crippen LogP contribution in [0, 0.1) is 5.92 Å². The lowest BCUT2D eigenvalue weighted by atomic mass is 9.97. The van der Waals surface area contributed by atoms with Crippen LogP contribution in [0.25, 0.3) is 0 Å². The summed E-state index contributed by atoms with van der Waals surface area (Å²) in [5, 5.41) is 9.00. The molecule has 2 unspecified atom stereocenters. The number of hydrogen-bond acceptors (Lipinski definition) is 4. The van der Waals surface area contributed by atoms with E-state index in [9.17, 15) is 4.79 Å². The van der Waals surface area contributed by atoms with Crippen LogP contribution >= 0.6 is 0 Å². The molecule has 0 aromatic carbocycles. The first-order chi connectivity index (χ1) is 8.88. The van der Waals surface area contributed by atoms with Crippen LogP contribution in [0.3, 0.4) is 0 Å². The molecule has 3 N–H and O–H groups in total. The number of hydrogen-bond donors (Lipinski definition) is 2. The van der Waals surface area contributed by atoms with Crippen LogP contribution < -0.4 is 5.73 Å². The van der Waals surface area contributed by atoms with E-state index in [4.69, 9.17) is 15.6 Å². The highest BCUT2D eigenvalue weighted by atomic mass is 16.5. The number of nitrogens with two attached hydrogens (primary N) is 1. The van der Waals surface area contributed by atoms with Gasteiger partial charge in [-0.25, -0.2) is 0 Å². The molecule has 0 radical (unpaired) electrons. The molecule has 2 atom stereocenters. The van der Waals surface area contributed by atoms with Gasteiger partial charge in [-0.15, -0.1) is 0 Å². The summed E-state index contributed by atoms with van der Waals surface area (Å²) in [6.07, 6.45) is 3.94. The van der Waals surface area contributed by atoms with Crippen molar-refractivity contribution in [2.75, 3.05) is 26.8 Å². The molecule has 0 saturated heterocycles. The van der Waals surface area contributed by atoms with Gasteiger partial charge in [-0.1, -0.05) is 0 Å². The molecular weight excluding hydrogens is 244 g/mol. The average molecular weight is 272 g/mol. The van der Waals surface area contributed by atoms with Gasteiger partial charge in [0.15, 0.2) is 0 Å². The Morgan fingerprint density at radius 2 is 2.16 bits per heavy atom. The van der Waals surface area contributed by atoms with Crippen LogP contribution in [-0.2, 0) is 9.53 Å². The molecule has 5 heteroatoms. The Balaban J connectivity index is 2.37. The Hall–Kier alpha value is -0.650. The highest BCUT2D eigenvalue weighted by molar-refractivity contribution is 5.77. The molecular formula is C14H28N2O3. The molecule has 112 valence electrons. The first-order valence-electron chi connectivity index (χ1n) is 7.13. The molecule has 1 aliphatic rings. The third kappa shape index (κ3) is 5.47. The van der Waals surface area contributed by atoms with Crippen molar-refractivity contribution in [3.8, 4) is 0 Å². The number of nitrogens with zero attached hydrogens (tertiary/aromatic N) is 1. The smallest absolute Gasteiger partial charge is 0.323 e. The minimum absolute atomic E-state index is 0.503. The SMILES string of the molecule is COCCN(CCCC(C)(N)C(=O)O)C(C)C1CC1. The lowest BCUT2D eigenvalue weighted by Gasteiger charge is -2.30. The van der Waals surface area contributed by atoms with Crippen molar-refractivity contribution in [3.05, 3.63) is 0 Å². The molecule has 0 heterocycles. The number of carboxylic acid groups (broad SMARTS) is 1. The van der Waals surface area contributed by atoms with E-state index < -0.39 is 11.5 Å². The number of methoxy groups -OCH3 is 1. The van der Waals surface area contributed by atoms with Gasteiger partial charge in [0.2, 0.25) is 0 Å². The molecule has 1 aliphatic carbocycles. The van der Waals surface area contributed by atoms with Gasteiger partial charge < -0.3 is 15.6 Å². The van der Waals surface area contributed by atoms with Crippen molar-refractivity contribution in [3.63, 3.8) is 0 Å². The molecule has 1 fully saturated rings. The number of ether oxygens (including phenoxy) is 1. The maximum Gasteiger partial charge on any atom is 0.323 e. The first-order valence-corrected chi connectivity index (χ1v) is 7.13. The van der Waals surface area contributed by atoms with E-state index in [1.165, 1.54) is 12.8 Å². The van der Waals surface area contributed by atoms with Gasteiger partial charge in [0.1, 0.15) is 5.54 Å². The van der Waals surface area contributed by atoms with Crippen molar-refractivity contribution >= 4 is 5.97 Å². The zero-order valence-corrected chi connectivity index (χ0v) is 12.4. The average Bonchev–Trinajstić information content (AvgIpc) is 3.16. The Kier molecular flexibility index (Phi) is 6.23. The molecule has 0 aromatic heterocycles. The highest BCUT2D eigenvalue weighted by Crippen LogP contribution is 2.35. The fourth-order valence-electron chi connectivity index (χ4n) is 2.36. The predicted octanol–water partition coefficient (Wildman–Crippen LogP) is 1.32. The predicted molar refractivity (Wildman–Crippen MR) is 75.1 cm³/mol. The monoisotopic (exact) mass is 272 g/mol. The molecule has 0 bridgehead atoms. The van der Waals surface area contributed by atoms with Gasteiger partial charge >= 0.3 is 5.97 Å². The van der Waals surface area contributed by atoms with Crippen LogP contribution in [0.2, 0.25) is 0 Å². The van der Waals surface area contributed by atoms with E-state index >= 15 is 0 Å². The summed E-state index contributed by atoms with van der Waals surface area (Å²) >= 11 is 0. The standard InChI is InChI=1S/C14H28N2O3/c1-11(12-5-6-12)16(9-10-19-3)8-4-7-14(2,15)13(17)18/h11-12H,4-10,15H2,1-3H3,(H,17,18). The molecule has 1 rings (SSSR count). The van der Waals surface area contributed by atoms with Crippen LogP contribution in [-0.4, -0.2) is 54.4 Å². The maximum absolute atomic E-state index is 11.0. The first kappa shape index (κ1) is 16.4. The quantitative estimate of drug-likeness (QED) is 0.627. The maximum atomic E-state index is 11.0. The zero-order chi connectivity index (χ0) is 14.5. The van der Waals surface area contributed by atoms with E-state index in [2.05, 4.69) is 11.8 Å². The summed E-state index contributed by atoms with van der Waals surface area (Å²) in [5.74, 6) is -0.119. The van der Waals surface area contributed by atoms with Crippen molar-refractivity contribution in [1.29, 1.82) is 0 Å². The Morgan fingerprint density at radius 3 is 2.63 bits per heavy atom. The van der Waals surface area contributed by atoms with Gasteiger partial charge in [-0.2, -0.15) is 0 Å². The van der Waals surface area contributed by atoms with Crippen LogP contribution in [0.5, 0.6) is 0 Å². The lowest BCUT2D eigenvalue weighted by Crippen LogP contribution is -2.46. The van der Waals surface area contributed by atoms with E-state index in [1.54, 1.807) is 14.0 Å². The second-order valence-electron chi connectivity index (χ2n) is 5.93. The fraction of sp³-hybridized carbons (Fsp3) is 0.929. The lowest BCUT2D eigenvalue weighted by molar-refractivity contribution is -0.143. The van der Waals surface area contributed by atoms with Gasteiger partial charge in [0.25, 0.3) is 0 Å². The summed E-state index contributed by atoms with van der Waals surface area (Å²) in [6, 6.07) is 0.559. The van der Waals surface area contributed by atoms with Gasteiger partial charge in [-0.3, -0.25) is 9.69 Å². The molecule has 0 spiro atoms. The van der Waals surface area contributed by atoms with E-state index in [0.29, 0.717) is 12.5 Å². The summed E-state index contributed by atoms with van der Waals surface area (Å²) in [7, 11) is 1.71. The van der Waals surface area contributed by atoms with E-state index in [0.717, 1.165) is 32.0 Å². The summed E-state index contributed by atoms with van der Waals surface area (Å²) in [6.45, 7) is 6.35.